The highest BCUT2D eigenvalue weighted by molar-refractivity contribution is 5.85. The number of hydrogen-bond donors (Lipinski definition) is 1. The van der Waals surface area contributed by atoms with Crippen LogP contribution >= 0.6 is 0 Å². The van der Waals surface area contributed by atoms with E-state index in [-0.39, 0.29) is 5.82 Å². The highest BCUT2D eigenvalue weighted by Crippen LogP contribution is 2.16. The van der Waals surface area contributed by atoms with E-state index in [1.165, 1.54) is 37.5 Å². The number of likely N-dealkylation sites (tertiary alicyclic amines) is 1. The van der Waals surface area contributed by atoms with Crippen molar-refractivity contribution in [3.63, 3.8) is 0 Å². The predicted molar refractivity (Wildman–Crippen MR) is 72.2 cm³/mol. The lowest BCUT2D eigenvalue weighted by molar-refractivity contribution is -0.131. The summed E-state index contributed by atoms with van der Waals surface area (Å²) in [7, 11) is 0. The molecule has 0 aliphatic carbocycles. The molecular formula is C15H18FNO2. The second-order valence-corrected chi connectivity index (χ2v) is 4.90. The van der Waals surface area contributed by atoms with Crippen LogP contribution in [0.2, 0.25) is 0 Å². The van der Waals surface area contributed by atoms with E-state index in [9.17, 15) is 9.18 Å². The maximum atomic E-state index is 13.5. The Hall–Kier alpha value is -1.68. The first-order chi connectivity index (χ1) is 9.13. The van der Waals surface area contributed by atoms with Crippen LogP contribution in [0.1, 0.15) is 30.4 Å². The summed E-state index contributed by atoms with van der Waals surface area (Å²) in [6.45, 7) is 2.83. The van der Waals surface area contributed by atoms with Crippen LogP contribution in [0.3, 0.4) is 0 Å². The van der Waals surface area contributed by atoms with E-state index >= 15 is 0 Å². The Balaban J connectivity index is 2.09. The third-order valence-electron chi connectivity index (χ3n) is 3.25. The maximum absolute atomic E-state index is 13.5. The number of aliphatic carboxylic acids is 1. The number of carboxylic acids is 1. The molecule has 102 valence electrons. The van der Waals surface area contributed by atoms with Gasteiger partial charge in [-0.25, -0.2) is 9.18 Å². The average molecular weight is 263 g/mol. The predicted octanol–water partition coefficient (Wildman–Crippen LogP) is 2.91. The van der Waals surface area contributed by atoms with Crippen LogP contribution in [-0.4, -0.2) is 29.1 Å². The Morgan fingerprint density at radius 1 is 1.26 bits per heavy atom. The molecule has 0 spiro atoms. The number of hydrogen-bond acceptors (Lipinski definition) is 2. The number of rotatable bonds is 4. The number of benzene rings is 1. The van der Waals surface area contributed by atoms with Gasteiger partial charge in [0.05, 0.1) is 0 Å². The first kappa shape index (κ1) is 13.7. The molecule has 2 rings (SSSR count). The molecule has 19 heavy (non-hydrogen) atoms. The van der Waals surface area contributed by atoms with Crippen molar-refractivity contribution >= 4 is 12.0 Å². The number of nitrogens with zero attached hydrogens (tertiary/aromatic N) is 1. The maximum Gasteiger partial charge on any atom is 0.328 e. The van der Waals surface area contributed by atoms with Crippen molar-refractivity contribution in [1.29, 1.82) is 0 Å². The fourth-order valence-corrected chi connectivity index (χ4v) is 2.41. The minimum absolute atomic E-state index is 0.320. The molecule has 0 unspecified atom stereocenters. The molecule has 1 aliphatic heterocycles. The summed E-state index contributed by atoms with van der Waals surface area (Å²) in [5.74, 6) is -1.35. The van der Waals surface area contributed by atoms with Crippen LogP contribution in [0.5, 0.6) is 0 Å². The van der Waals surface area contributed by atoms with Gasteiger partial charge in [-0.2, -0.15) is 0 Å². The molecule has 1 fully saturated rings. The van der Waals surface area contributed by atoms with Gasteiger partial charge in [0.2, 0.25) is 0 Å². The van der Waals surface area contributed by atoms with Crippen LogP contribution in [0.25, 0.3) is 6.08 Å². The second-order valence-electron chi connectivity index (χ2n) is 4.90. The van der Waals surface area contributed by atoms with Gasteiger partial charge in [0.15, 0.2) is 0 Å². The zero-order valence-corrected chi connectivity index (χ0v) is 10.8. The van der Waals surface area contributed by atoms with Gasteiger partial charge < -0.3 is 5.11 Å². The molecule has 4 heteroatoms. The van der Waals surface area contributed by atoms with E-state index in [0.29, 0.717) is 5.56 Å². The summed E-state index contributed by atoms with van der Waals surface area (Å²) in [6, 6.07) is 4.71. The summed E-state index contributed by atoms with van der Waals surface area (Å²) in [5, 5.41) is 8.59. The Morgan fingerprint density at radius 3 is 2.68 bits per heavy atom. The number of halogens is 1. The van der Waals surface area contributed by atoms with Gasteiger partial charge in [0.25, 0.3) is 0 Å². The molecule has 0 bridgehead atoms. The smallest absolute Gasteiger partial charge is 0.328 e. The van der Waals surface area contributed by atoms with E-state index in [1.54, 1.807) is 0 Å². The van der Waals surface area contributed by atoms with E-state index in [1.807, 2.05) is 6.07 Å². The average Bonchev–Trinajstić information content (AvgIpc) is 2.37. The van der Waals surface area contributed by atoms with Crippen molar-refractivity contribution in [3.05, 3.63) is 41.2 Å². The number of carboxylic acid groups (broad SMARTS) is 1. The molecule has 1 N–H and O–H groups in total. The molecule has 0 atom stereocenters. The lowest BCUT2D eigenvalue weighted by Crippen LogP contribution is -2.29. The minimum Gasteiger partial charge on any atom is -0.478 e. The van der Waals surface area contributed by atoms with Crippen molar-refractivity contribution in [2.75, 3.05) is 13.1 Å². The molecular weight excluding hydrogens is 245 g/mol. The molecule has 1 heterocycles. The van der Waals surface area contributed by atoms with Crippen molar-refractivity contribution < 1.29 is 14.3 Å². The van der Waals surface area contributed by atoms with Gasteiger partial charge in [-0.3, -0.25) is 4.90 Å². The molecule has 0 saturated carbocycles. The summed E-state index contributed by atoms with van der Waals surface area (Å²) in [5.41, 5.74) is 1.49. The first-order valence-corrected chi connectivity index (χ1v) is 6.56. The van der Waals surface area contributed by atoms with Gasteiger partial charge >= 0.3 is 5.97 Å². The van der Waals surface area contributed by atoms with Gasteiger partial charge in [-0.1, -0.05) is 12.5 Å². The molecule has 1 aromatic carbocycles. The fraction of sp³-hybridized carbons (Fsp3) is 0.400. The molecule has 3 nitrogen and oxygen atoms in total. The summed E-state index contributed by atoms with van der Waals surface area (Å²) in [4.78, 5) is 12.8. The third kappa shape index (κ3) is 4.48. The Kier molecular flexibility index (Phi) is 4.68. The van der Waals surface area contributed by atoms with Crippen LogP contribution < -0.4 is 0 Å². The van der Waals surface area contributed by atoms with Crippen molar-refractivity contribution in [2.45, 2.75) is 25.8 Å². The van der Waals surface area contributed by atoms with Gasteiger partial charge in [-0.15, -0.1) is 0 Å². The summed E-state index contributed by atoms with van der Waals surface area (Å²) >= 11 is 0. The van der Waals surface area contributed by atoms with E-state index < -0.39 is 5.97 Å². The normalized spacial score (nSPS) is 16.9. The zero-order valence-electron chi connectivity index (χ0n) is 10.8. The minimum atomic E-state index is -1.03. The topological polar surface area (TPSA) is 40.5 Å². The van der Waals surface area contributed by atoms with Crippen molar-refractivity contribution in [2.24, 2.45) is 0 Å². The molecule has 0 radical (unpaired) electrons. The highest BCUT2D eigenvalue weighted by Gasteiger charge is 2.11. The van der Waals surface area contributed by atoms with Crippen molar-refractivity contribution in [1.82, 2.24) is 4.90 Å². The van der Waals surface area contributed by atoms with Crippen LogP contribution in [0, 0.1) is 5.82 Å². The fourth-order valence-electron chi connectivity index (χ4n) is 2.41. The first-order valence-electron chi connectivity index (χ1n) is 6.56. The van der Waals surface area contributed by atoms with Gasteiger partial charge in [-0.05, 0) is 55.3 Å². The quantitative estimate of drug-likeness (QED) is 0.849. The summed E-state index contributed by atoms with van der Waals surface area (Å²) in [6.07, 6.45) is 6.11. The Labute approximate surface area is 112 Å². The molecule has 1 aliphatic rings. The second kappa shape index (κ2) is 6.48. The number of carbonyl (C=O) groups is 1. The molecule has 0 aromatic heterocycles. The van der Waals surface area contributed by atoms with E-state index in [0.717, 1.165) is 31.3 Å². The van der Waals surface area contributed by atoms with Gasteiger partial charge in [0, 0.05) is 12.6 Å². The van der Waals surface area contributed by atoms with E-state index in [4.69, 9.17) is 5.11 Å². The van der Waals surface area contributed by atoms with Crippen molar-refractivity contribution in [3.8, 4) is 0 Å². The molecule has 1 aromatic rings. The lowest BCUT2D eigenvalue weighted by atomic mass is 10.1. The lowest BCUT2D eigenvalue weighted by Gasteiger charge is -2.26. The largest absolute Gasteiger partial charge is 0.478 e. The SMILES string of the molecule is O=C(O)/C=C/c1cc(F)cc(CN2CCCCC2)c1. The molecule has 0 amide bonds. The van der Waals surface area contributed by atoms with Crippen LogP contribution in [-0.2, 0) is 11.3 Å². The summed E-state index contributed by atoms with van der Waals surface area (Å²) < 4.78 is 13.5. The zero-order chi connectivity index (χ0) is 13.7. The van der Waals surface area contributed by atoms with Crippen LogP contribution in [0.4, 0.5) is 4.39 Å². The number of piperidine rings is 1. The Morgan fingerprint density at radius 2 is 2.00 bits per heavy atom. The van der Waals surface area contributed by atoms with E-state index in [2.05, 4.69) is 4.90 Å². The standard InChI is InChI=1S/C15H18FNO2/c16-14-9-12(4-5-15(18)19)8-13(10-14)11-17-6-2-1-3-7-17/h4-5,8-10H,1-3,6-7,11H2,(H,18,19)/b5-4+. The molecule has 1 saturated heterocycles. The van der Waals surface area contributed by atoms with Gasteiger partial charge in [0.1, 0.15) is 5.82 Å². The highest BCUT2D eigenvalue weighted by atomic mass is 19.1. The monoisotopic (exact) mass is 263 g/mol. The van der Waals surface area contributed by atoms with Crippen LogP contribution in [0.15, 0.2) is 24.3 Å². The Bertz CT molecular complexity index is 479. The third-order valence-corrected chi connectivity index (χ3v) is 3.25.